The Kier molecular flexibility index (Phi) is 4.98. The van der Waals surface area contributed by atoms with E-state index in [-0.39, 0.29) is 6.10 Å². The summed E-state index contributed by atoms with van der Waals surface area (Å²) in [5, 5.41) is 0.583. The van der Waals surface area contributed by atoms with Gasteiger partial charge in [0.15, 0.2) is 5.65 Å². The van der Waals surface area contributed by atoms with Crippen LogP contribution in [0, 0.1) is 6.92 Å². The number of hydrogen-bond donors (Lipinski definition) is 2. The summed E-state index contributed by atoms with van der Waals surface area (Å²) in [4.78, 5) is 13.4. The molecule has 0 fully saturated rings. The number of aromatic nitrogens is 4. The maximum Gasteiger partial charge on any atom is 0.160 e. The predicted octanol–water partition coefficient (Wildman–Crippen LogP) is 4.09. The third-order valence-electron chi connectivity index (χ3n) is 4.55. The molecule has 4 rings (SSSR count). The number of pyridine rings is 2. The fourth-order valence-corrected chi connectivity index (χ4v) is 3.45. The first-order chi connectivity index (χ1) is 13.9. The molecule has 3 heterocycles. The van der Waals surface area contributed by atoms with Gasteiger partial charge in [-0.2, -0.15) is 0 Å². The number of para-hydroxylation sites is 1. The average Bonchev–Trinajstić information content (AvgIpc) is 2.97. The summed E-state index contributed by atoms with van der Waals surface area (Å²) >= 11 is 6.21. The van der Waals surface area contributed by atoms with Crippen molar-refractivity contribution in [1.29, 1.82) is 0 Å². The largest absolute Gasteiger partial charge is 0.487 e. The Morgan fingerprint density at radius 1 is 1.03 bits per heavy atom. The third kappa shape index (κ3) is 3.95. The Balaban J connectivity index is 1.67. The number of fused-ring (bicyclic) bond motifs is 1. The fourth-order valence-electron chi connectivity index (χ4n) is 3.27. The molecule has 0 saturated carbocycles. The fraction of sp³-hybridized carbons (Fsp3) is 0.190. The molecule has 0 radical (unpaired) electrons. The van der Waals surface area contributed by atoms with Gasteiger partial charge in [-0.15, -0.1) is 0 Å². The van der Waals surface area contributed by atoms with Crippen LogP contribution in [0.15, 0.2) is 48.5 Å². The lowest BCUT2D eigenvalue weighted by Crippen LogP contribution is -2.20. The standard InChI is InChI=1S/C21H21ClN6O/c1-12(29-18-6-4-3-5-15(18)22)11-28-13(2)25-17-8-7-16(26-21(17)28)14-9-19(23)27-20(24)10-14/h3-10,12H,11H2,1-2H3,(H4,23,24,27)/t12-/m0/s1. The number of rotatable bonds is 5. The van der Waals surface area contributed by atoms with Crippen LogP contribution < -0.4 is 16.2 Å². The highest BCUT2D eigenvalue weighted by Gasteiger charge is 2.15. The molecule has 7 nitrogen and oxygen atoms in total. The van der Waals surface area contributed by atoms with Gasteiger partial charge in [-0.05, 0) is 50.2 Å². The van der Waals surface area contributed by atoms with Crippen molar-refractivity contribution in [3.05, 3.63) is 59.4 Å². The van der Waals surface area contributed by atoms with E-state index in [9.17, 15) is 0 Å². The maximum atomic E-state index is 6.21. The number of benzene rings is 1. The number of hydrogen-bond acceptors (Lipinski definition) is 6. The summed E-state index contributed by atoms with van der Waals surface area (Å²) in [6, 6.07) is 14.8. The van der Waals surface area contributed by atoms with Gasteiger partial charge < -0.3 is 20.8 Å². The smallest absolute Gasteiger partial charge is 0.160 e. The van der Waals surface area contributed by atoms with Gasteiger partial charge in [-0.25, -0.2) is 15.0 Å². The average molecular weight is 409 g/mol. The second kappa shape index (κ2) is 7.60. The number of nitrogens with two attached hydrogens (primary N) is 2. The summed E-state index contributed by atoms with van der Waals surface area (Å²) in [5.74, 6) is 2.22. The van der Waals surface area contributed by atoms with Crippen LogP contribution in [0.1, 0.15) is 12.7 Å². The topological polar surface area (TPSA) is 105 Å². The van der Waals surface area contributed by atoms with Crippen LogP contribution in [0.2, 0.25) is 5.02 Å². The zero-order valence-corrected chi connectivity index (χ0v) is 16.9. The number of imidazole rings is 1. The molecule has 1 aromatic carbocycles. The lowest BCUT2D eigenvalue weighted by Gasteiger charge is -2.17. The zero-order chi connectivity index (χ0) is 20.5. The quantitative estimate of drug-likeness (QED) is 0.515. The second-order valence-electron chi connectivity index (χ2n) is 6.87. The first-order valence-electron chi connectivity index (χ1n) is 9.19. The van der Waals surface area contributed by atoms with E-state index in [1.54, 1.807) is 18.2 Å². The van der Waals surface area contributed by atoms with E-state index < -0.39 is 0 Å². The summed E-state index contributed by atoms with van der Waals surface area (Å²) < 4.78 is 8.05. The second-order valence-corrected chi connectivity index (χ2v) is 7.28. The molecule has 29 heavy (non-hydrogen) atoms. The molecule has 0 unspecified atom stereocenters. The highest BCUT2D eigenvalue weighted by molar-refractivity contribution is 6.32. The van der Waals surface area contributed by atoms with Gasteiger partial charge >= 0.3 is 0 Å². The number of nitrogens with zero attached hydrogens (tertiary/aromatic N) is 4. The molecule has 8 heteroatoms. The Hall–Kier alpha value is -3.32. The Morgan fingerprint density at radius 3 is 2.48 bits per heavy atom. The van der Waals surface area contributed by atoms with Crippen molar-refractivity contribution in [2.75, 3.05) is 11.5 Å². The van der Waals surface area contributed by atoms with E-state index in [1.165, 1.54) is 0 Å². The van der Waals surface area contributed by atoms with Crippen molar-refractivity contribution in [2.45, 2.75) is 26.5 Å². The van der Waals surface area contributed by atoms with E-state index in [2.05, 4.69) is 9.97 Å². The molecular weight excluding hydrogens is 388 g/mol. The lowest BCUT2D eigenvalue weighted by atomic mass is 10.1. The molecule has 0 bridgehead atoms. The Labute approximate surface area is 173 Å². The van der Waals surface area contributed by atoms with Gasteiger partial charge in [0.05, 0.1) is 17.3 Å². The van der Waals surface area contributed by atoms with Crippen molar-refractivity contribution in [3.63, 3.8) is 0 Å². The Morgan fingerprint density at radius 2 is 1.76 bits per heavy atom. The SMILES string of the molecule is Cc1nc2ccc(-c3cc(N)nc(N)c3)nc2n1C[C@H](C)Oc1ccccc1Cl. The minimum atomic E-state index is -0.135. The highest BCUT2D eigenvalue weighted by atomic mass is 35.5. The van der Waals surface area contributed by atoms with Crippen LogP contribution in [-0.2, 0) is 6.54 Å². The molecule has 148 valence electrons. The van der Waals surface area contributed by atoms with E-state index in [1.807, 2.05) is 48.7 Å². The summed E-state index contributed by atoms with van der Waals surface area (Å²) in [6.07, 6.45) is -0.135. The first-order valence-corrected chi connectivity index (χ1v) is 9.57. The van der Waals surface area contributed by atoms with Crippen LogP contribution in [0.5, 0.6) is 5.75 Å². The molecule has 1 atom stereocenters. The van der Waals surface area contributed by atoms with Crippen LogP contribution >= 0.6 is 11.6 Å². The normalized spacial score (nSPS) is 12.2. The van der Waals surface area contributed by atoms with Gasteiger partial charge in [0.1, 0.15) is 34.8 Å². The molecule has 0 spiro atoms. The number of aryl methyl sites for hydroxylation is 1. The molecular formula is C21H21ClN6O. The molecule has 3 aromatic heterocycles. The summed E-state index contributed by atoms with van der Waals surface area (Å²) in [7, 11) is 0. The van der Waals surface area contributed by atoms with Crippen LogP contribution in [0.3, 0.4) is 0 Å². The molecule has 0 aliphatic heterocycles. The minimum absolute atomic E-state index is 0.135. The number of nitrogen functional groups attached to an aromatic ring is 2. The van der Waals surface area contributed by atoms with Gasteiger partial charge in [-0.3, -0.25) is 0 Å². The lowest BCUT2D eigenvalue weighted by molar-refractivity contribution is 0.200. The predicted molar refractivity (Wildman–Crippen MR) is 116 cm³/mol. The van der Waals surface area contributed by atoms with Crippen LogP contribution in [0.4, 0.5) is 11.6 Å². The van der Waals surface area contributed by atoms with E-state index in [0.29, 0.717) is 29.0 Å². The summed E-state index contributed by atoms with van der Waals surface area (Å²) in [5.41, 5.74) is 14.8. The zero-order valence-electron chi connectivity index (χ0n) is 16.1. The molecule has 0 aliphatic rings. The van der Waals surface area contributed by atoms with E-state index in [0.717, 1.165) is 28.2 Å². The van der Waals surface area contributed by atoms with Gasteiger partial charge in [0.25, 0.3) is 0 Å². The van der Waals surface area contributed by atoms with Crippen molar-refractivity contribution in [3.8, 4) is 17.0 Å². The molecule has 0 amide bonds. The van der Waals surface area contributed by atoms with E-state index >= 15 is 0 Å². The number of halogens is 1. The van der Waals surface area contributed by atoms with Crippen LogP contribution in [-0.4, -0.2) is 25.6 Å². The molecule has 0 saturated heterocycles. The number of anilines is 2. The third-order valence-corrected chi connectivity index (χ3v) is 4.86. The molecule has 4 aromatic rings. The maximum absolute atomic E-state index is 6.21. The van der Waals surface area contributed by atoms with Crippen molar-refractivity contribution < 1.29 is 4.74 Å². The Bertz CT molecular complexity index is 1170. The monoisotopic (exact) mass is 408 g/mol. The van der Waals surface area contributed by atoms with E-state index in [4.69, 9.17) is 32.8 Å². The van der Waals surface area contributed by atoms with Gasteiger partial charge in [0.2, 0.25) is 0 Å². The highest BCUT2D eigenvalue weighted by Crippen LogP contribution is 2.26. The van der Waals surface area contributed by atoms with Gasteiger partial charge in [0, 0.05) is 5.56 Å². The molecule has 4 N–H and O–H groups in total. The number of ether oxygens (including phenoxy) is 1. The van der Waals surface area contributed by atoms with Crippen molar-refractivity contribution >= 4 is 34.4 Å². The summed E-state index contributed by atoms with van der Waals surface area (Å²) in [6.45, 7) is 4.51. The van der Waals surface area contributed by atoms with Crippen molar-refractivity contribution in [2.24, 2.45) is 0 Å². The van der Waals surface area contributed by atoms with Crippen molar-refractivity contribution in [1.82, 2.24) is 19.5 Å². The molecule has 0 aliphatic carbocycles. The van der Waals surface area contributed by atoms with Gasteiger partial charge in [-0.1, -0.05) is 23.7 Å². The first kappa shape index (κ1) is 19.0. The van der Waals surface area contributed by atoms with Crippen LogP contribution in [0.25, 0.3) is 22.4 Å². The minimum Gasteiger partial charge on any atom is -0.487 e.